The standard InChI is InChI=1S/C24H18ClN3O4S/c1-14(21(29)26-15-11-12-19(25)18(13-15)23(31)32)33-24-27-20-10-6-5-9-17(20)22(30)28(24)16-7-3-2-4-8-16/h2-14H,1H3,(H,26,29)(H,31,32). The van der Waals surface area contributed by atoms with E-state index < -0.39 is 11.2 Å². The summed E-state index contributed by atoms with van der Waals surface area (Å²) in [6.45, 7) is 1.69. The van der Waals surface area contributed by atoms with Crippen LogP contribution >= 0.6 is 23.4 Å². The van der Waals surface area contributed by atoms with E-state index >= 15 is 0 Å². The number of nitrogens with zero attached hydrogens (tertiary/aromatic N) is 2. The number of carbonyl (C=O) groups excluding carboxylic acids is 1. The van der Waals surface area contributed by atoms with Crippen molar-refractivity contribution in [1.29, 1.82) is 0 Å². The van der Waals surface area contributed by atoms with E-state index in [4.69, 9.17) is 11.6 Å². The number of rotatable bonds is 6. The molecular weight excluding hydrogens is 462 g/mol. The Labute approximate surface area is 198 Å². The predicted octanol–water partition coefficient (Wildman–Crippen LogP) is 4.86. The summed E-state index contributed by atoms with van der Waals surface area (Å²) in [4.78, 5) is 42.1. The molecule has 9 heteroatoms. The zero-order valence-corrected chi connectivity index (χ0v) is 18.9. The van der Waals surface area contributed by atoms with Gasteiger partial charge in [0, 0.05) is 5.69 Å². The van der Waals surface area contributed by atoms with Gasteiger partial charge in [-0.15, -0.1) is 0 Å². The van der Waals surface area contributed by atoms with E-state index in [1.54, 1.807) is 43.3 Å². The number of aromatic nitrogens is 2. The third-order valence-corrected chi connectivity index (χ3v) is 6.26. The minimum absolute atomic E-state index is 0.0789. The molecule has 1 amide bonds. The van der Waals surface area contributed by atoms with Crippen molar-refractivity contribution in [2.45, 2.75) is 17.3 Å². The van der Waals surface area contributed by atoms with Crippen molar-refractivity contribution in [1.82, 2.24) is 9.55 Å². The van der Waals surface area contributed by atoms with Crippen molar-refractivity contribution < 1.29 is 14.7 Å². The fourth-order valence-corrected chi connectivity index (χ4v) is 4.34. The lowest BCUT2D eigenvalue weighted by molar-refractivity contribution is -0.115. The Hall–Kier alpha value is -3.62. The third-order valence-electron chi connectivity index (χ3n) is 4.88. The molecule has 0 aliphatic carbocycles. The van der Waals surface area contributed by atoms with E-state index in [2.05, 4.69) is 10.3 Å². The molecule has 0 bridgehead atoms. The smallest absolute Gasteiger partial charge is 0.337 e. The molecule has 0 saturated carbocycles. The average Bonchev–Trinajstić information content (AvgIpc) is 2.81. The van der Waals surface area contributed by atoms with Crippen molar-refractivity contribution in [3.05, 3.63) is 93.7 Å². The molecule has 4 rings (SSSR count). The number of nitrogens with one attached hydrogen (secondary N) is 1. The van der Waals surface area contributed by atoms with Crippen LogP contribution < -0.4 is 10.9 Å². The zero-order valence-electron chi connectivity index (χ0n) is 17.4. The van der Waals surface area contributed by atoms with Gasteiger partial charge in [0.1, 0.15) is 0 Å². The van der Waals surface area contributed by atoms with Gasteiger partial charge in [-0.05, 0) is 49.4 Å². The molecule has 0 aliphatic heterocycles. The maximum absolute atomic E-state index is 13.3. The highest BCUT2D eigenvalue weighted by Gasteiger charge is 2.21. The first-order chi connectivity index (χ1) is 15.8. The summed E-state index contributed by atoms with van der Waals surface area (Å²) in [5, 5.41) is 12.2. The molecule has 166 valence electrons. The number of fused-ring (bicyclic) bond motifs is 1. The molecule has 7 nitrogen and oxygen atoms in total. The first kappa shape index (κ1) is 22.6. The van der Waals surface area contributed by atoms with Gasteiger partial charge >= 0.3 is 5.97 Å². The number of thioether (sulfide) groups is 1. The molecule has 1 heterocycles. The van der Waals surface area contributed by atoms with Crippen LogP contribution in [0.3, 0.4) is 0 Å². The van der Waals surface area contributed by atoms with Crippen LogP contribution in [-0.2, 0) is 4.79 Å². The number of halogens is 1. The first-order valence-electron chi connectivity index (χ1n) is 9.92. The van der Waals surface area contributed by atoms with Gasteiger partial charge in [-0.25, -0.2) is 9.78 Å². The molecule has 0 radical (unpaired) electrons. The van der Waals surface area contributed by atoms with Crippen molar-refractivity contribution in [2.75, 3.05) is 5.32 Å². The second-order valence-electron chi connectivity index (χ2n) is 7.14. The highest BCUT2D eigenvalue weighted by Crippen LogP contribution is 2.27. The van der Waals surface area contributed by atoms with Crippen molar-refractivity contribution in [3.63, 3.8) is 0 Å². The Morgan fingerprint density at radius 2 is 1.76 bits per heavy atom. The highest BCUT2D eigenvalue weighted by atomic mass is 35.5. The molecular formula is C24H18ClN3O4S. The summed E-state index contributed by atoms with van der Waals surface area (Å²) in [5.74, 6) is -1.56. The molecule has 1 aromatic heterocycles. The van der Waals surface area contributed by atoms with Crippen LogP contribution in [0.25, 0.3) is 16.6 Å². The molecule has 4 aromatic rings. The average molecular weight is 480 g/mol. The van der Waals surface area contributed by atoms with Gasteiger partial charge in [0.05, 0.1) is 32.4 Å². The normalized spacial score (nSPS) is 11.8. The Kier molecular flexibility index (Phi) is 6.48. The number of carboxylic acid groups (broad SMARTS) is 1. The minimum atomic E-state index is -1.19. The molecule has 0 fully saturated rings. The summed E-state index contributed by atoms with van der Waals surface area (Å²) in [7, 11) is 0. The quantitative estimate of drug-likeness (QED) is 0.302. The molecule has 3 aromatic carbocycles. The topological polar surface area (TPSA) is 101 Å². The Bertz CT molecular complexity index is 1420. The molecule has 0 aliphatic rings. The van der Waals surface area contributed by atoms with E-state index in [-0.39, 0.29) is 22.1 Å². The van der Waals surface area contributed by atoms with E-state index in [0.717, 1.165) is 11.8 Å². The number of carboxylic acids is 1. The summed E-state index contributed by atoms with van der Waals surface area (Å²) in [6.07, 6.45) is 0. The van der Waals surface area contributed by atoms with Gasteiger partial charge in [-0.1, -0.05) is 53.7 Å². The number of carbonyl (C=O) groups is 2. The van der Waals surface area contributed by atoms with E-state index in [1.807, 2.05) is 18.2 Å². The molecule has 2 N–H and O–H groups in total. The molecule has 33 heavy (non-hydrogen) atoms. The SMILES string of the molecule is CC(Sc1nc2ccccc2c(=O)n1-c1ccccc1)C(=O)Nc1ccc(Cl)c(C(=O)O)c1. The van der Waals surface area contributed by atoms with Gasteiger partial charge in [0.15, 0.2) is 5.16 Å². The van der Waals surface area contributed by atoms with E-state index in [0.29, 0.717) is 27.4 Å². The van der Waals surface area contributed by atoms with Crippen LogP contribution in [0.15, 0.2) is 82.7 Å². The highest BCUT2D eigenvalue weighted by molar-refractivity contribution is 8.00. The second-order valence-corrected chi connectivity index (χ2v) is 8.85. The molecule has 1 unspecified atom stereocenters. The lowest BCUT2D eigenvalue weighted by Crippen LogP contribution is -2.26. The van der Waals surface area contributed by atoms with Crippen LogP contribution in [-0.4, -0.2) is 31.8 Å². The van der Waals surface area contributed by atoms with Crippen LogP contribution in [0.4, 0.5) is 5.69 Å². The van der Waals surface area contributed by atoms with Gasteiger partial charge in [-0.3, -0.25) is 14.2 Å². The monoisotopic (exact) mass is 479 g/mol. The number of amides is 1. The largest absolute Gasteiger partial charge is 0.478 e. The van der Waals surface area contributed by atoms with Crippen LogP contribution in [0.1, 0.15) is 17.3 Å². The number of benzene rings is 3. The van der Waals surface area contributed by atoms with Crippen LogP contribution in [0.5, 0.6) is 0 Å². The van der Waals surface area contributed by atoms with Crippen LogP contribution in [0.2, 0.25) is 5.02 Å². The van der Waals surface area contributed by atoms with Crippen molar-refractivity contribution in [2.24, 2.45) is 0 Å². The fraction of sp³-hybridized carbons (Fsp3) is 0.0833. The Morgan fingerprint density at radius 1 is 1.06 bits per heavy atom. The second kappa shape index (κ2) is 9.48. The van der Waals surface area contributed by atoms with E-state index in [1.165, 1.54) is 22.8 Å². The lowest BCUT2D eigenvalue weighted by atomic mass is 10.2. The predicted molar refractivity (Wildman–Crippen MR) is 130 cm³/mol. The Balaban J connectivity index is 1.67. The maximum Gasteiger partial charge on any atom is 0.337 e. The summed E-state index contributed by atoms with van der Waals surface area (Å²) >= 11 is 7.03. The van der Waals surface area contributed by atoms with Gasteiger partial charge in [0.25, 0.3) is 5.56 Å². The van der Waals surface area contributed by atoms with Gasteiger partial charge in [0.2, 0.25) is 5.91 Å². The zero-order chi connectivity index (χ0) is 23.5. The molecule has 0 spiro atoms. The number of hydrogen-bond donors (Lipinski definition) is 2. The van der Waals surface area contributed by atoms with Gasteiger partial charge < -0.3 is 10.4 Å². The number of para-hydroxylation sites is 2. The minimum Gasteiger partial charge on any atom is -0.478 e. The van der Waals surface area contributed by atoms with Crippen molar-refractivity contribution in [3.8, 4) is 5.69 Å². The maximum atomic E-state index is 13.3. The number of anilines is 1. The lowest BCUT2D eigenvalue weighted by Gasteiger charge is -2.16. The van der Waals surface area contributed by atoms with Crippen molar-refractivity contribution >= 4 is 51.8 Å². The fourth-order valence-electron chi connectivity index (χ4n) is 3.22. The summed E-state index contributed by atoms with van der Waals surface area (Å²) in [5.41, 5.74) is 1.14. The third kappa shape index (κ3) is 4.76. The summed E-state index contributed by atoms with van der Waals surface area (Å²) in [6, 6.07) is 20.4. The molecule has 0 saturated heterocycles. The first-order valence-corrected chi connectivity index (χ1v) is 11.2. The van der Waals surface area contributed by atoms with E-state index in [9.17, 15) is 19.5 Å². The van der Waals surface area contributed by atoms with Gasteiger partial charge in [-0.2, -0.15) is 0 Å². The Morgan fingerprint density at radius 3 is 2.48 bits per heavy atom. The molecule has 1 atom stereocenters. The summed E-state index contributed by atoms with van der Waals surface area (Å²) < 4.78 is 1.49. The van der Waals surface area contributed by atoms with Crippen LogP contribution in [0, 0.1) is 0 Å². The number of hydrogen-bond acceptors (Lipinski definition) is 5. The number of aromatic carboxylic acids is 1.